The number of rotatable bonds is 9. The van der Waals surface area contributed by atoms with E-state index >= 15 is 0 Å². The van der Waals surface area contributed by atoms with E-state index in [0.29, 0.717) is 12.5 Å². The topological polar surface area (TPSA) is 60.0 Å². The lowest BCUT2D eigenvalue weighted by Crippen LogP contribution is -2.45. The summed E-state index contributed by atoms with van der Waals surface area (Å²) in [6.45, 7) is 15.0. The standard InChI is InChI=1S/C17H35N5O.HI/c1-5-16(23)22-13-10-15(14-22)20-17(18-6-2)19-11-9-12-21(7-3)8-4;/h15H,5-14H2,1-4H3,(H2,18,19,20);1H. The van der Waals surface area contributed by atoms with Crippen LogP contribution in [0.5, 0.6) is 0 Å². The Hall–Kier alpha value is -0.570. The molecular formula is C17H36IN5O. The zero-order chi connectivity index (χ0) is 17.1. The maximum absolute atomic E-state index is 11.8. The number of guanidine groups is 1. The zero-order valence-electron chi connectivity index (χ0n) is 15.8. The van der Waals surface area contributed by atoms with E-state index in [-0.39, 0.29) is 29.9 Å². The number of nitrogens with one attached hydrogen (secondary N) is 2. The third kappa shape index (κ3) is 8.50. The van der Waals surface area contributed by atoms with Crippen LogP contribution in [0, 0.1) is 0 Å². The minimum atomic E-state index is 0. The van der Waals surface area contributed by atoms with Crippen molar-refractivity contribution in [2.45, 2.75) is 53.0 Å². The summed E-state index contributed by atoms with van der Waals surface area (Å²) in [5, 5.41) is 6.78. The number of nitrogens with zero attached hydrogens (tertiary/aromatic N) is 3. The van der Waals surface area contributed by atoms with Gasteiger partial charge in [0.05, 0.1) is 0 Å². The summed E-state index contributed by atoms with van der Waals surface area (Å²) in [6.07, 6.45) is 2.66. The fourth-order valence-corrected chi connectivity index (χ4v) is 2.87. The Balaban J connectivity index is 0.00000529. The molecule has 1 heterocycles. The number of carbonyl (C=O) groups is 1. The normalized spacial score (nSPS) is 17.8. The lowest BCUT2D eigenvalue weighted by Gasteiger charge is -2.19. The molecule has 0 radical (unpaired) electrons. The van der Waals surface area contributed by atoms with Gasteiger partial charge in [-0.15, -0.1) is 24.0 Å². The summed E-state index contributed by atoms with van der Waals surface area (Å²) < 4.78 is 0. The van der Waals surface area contributed by atoms with Gasteiger partial charge >= 0.3 is 0 Å². The number of halogens is 1. The molecule has 2 N–H and O–H groups in total. The van der Waals surface area contributed by atoms with Crippen molar-refractivity contribution >= 4 is 35.8 Å². The first-order chi connectivity index (χ1) is 11.1. The molecule has 0 aromatic heterocycles. The van der Waals surface area contributed by atoms with Crippen molar-refractivity contribution in [3.05, 3.63) is 0 Å². The van der Waals surface area contributed by atoms with Crippen molar-refractivity contribution in [2.75, 3.05) is 45.8 Å². The molecule has 0 aromatic rings. The van der Waals surface area contributed by atoms with Crippen LogP contribution in [0.25, 0.3) is 0 Å². The Morgan fingerprint density at radius 2 is 1.96 bits per heavy atom. The lowest BCUT2D eigenvalue weighted by atomic mass is 10.3. The predicted octanol–water partition coefficient (Wildman–Crippen LogP) is 1.90. The highest BCUT2D eigenvalue weighted by atomic mass is 127. The Labute approximate surface area is 164 Å². The van der Waals surface area contributed by atoms with Crippen molar-refractivity contribution < 1.29 is 4.79 Å². The molecule has 24 heavy (non-hydrogen) atoms. The molecule has 1 aliphatic heterocycles. The summed E-state index contributed by atoms with van der Waals surface area (Å²) in [7, 11) is 0. The fraction of sp³-hybridized carbons (Fsp3) is 0.882. The van der Waals surface area contributed by atoms with E-state index in [1.54, 1.807) is 0 Å². The van der Waals surface area contributed by atoms with Gasteiger partial charge in [-0.05, 0) is 39.4 Å². The maximum atomic E-state index is 11.8. The third-order valence-corrected chi connectivity index (χ3v) is 4.33. The van der Waals surface area contributed by atoms with Crippen LogP contribution in [0.3, 0.4) is 0 Å². The van der Waals surface area contributed by atoms with Gasteiger partial charge in [-0.3, -0.25) is 9.79 Å². The Morgan fingerprint density at radius 1 is 1.25 bits per heavy atom. The minimum Gasteiger partial charge on any atom is -0.357 e. The minimum absolute atomic E-state index is 0. The second kappa shape index (κ2) is 13.7. The molecule has 1 fully saturated rings. The van der Waals surface area contributed by atoms with Crippen molar-refractivity contribution in [3.8, 4) is 0 Å². The van der Waals surface area contributed by atoms with Crippen LogP contribution in [0.1, 0.15) is 47.0 Å². The van der Waals surface area contributed by atoms with E-state index in [2.05, 4.69) is 41.3 Å². The van der Waals surface area contributed by atoms with E-state index in [0.717, 1.165) is 64.6 Å². The maximum Gasteiger partial charge on any atom is 0.222 e. The number of hydrogen-bond acceptors (Lipinski definition) is 3. The molecule has 0 spiro atoms. The second-order valence-corrected chi connectivity index (χ2v) is 5.96. The van der Waals surface area contributed by atoms with Crippen LogP contribution in [0.4, 0.5) is 0 Å². The molecule has 0 aliphatic carbocycles. The van der Waals surface area contributed by atoms with E-state index in [1.165, 1.54) is 0 Å². The molecule has 7 heteroatoms. The van der Waals surface area contributed by atoms with Crippen molar-refractivity contribution in [3.63, 3.8) is 0 Å². The monoisotopic (exact) mass is 453 g/mol. The number of aliphatic imine (C=N–C) groups is 1. The number of carbonyl (C=O) groups excluding carboxylic acids is 1. The van der Waals surface area contributed by atoms with Gasteiger partial charge in [0.2, 0.25) is 5.91 Å². The average molecular weight is 453 g/mol. The van der Waals surface area contributed by atoms with Crippen LogP contribution in [0.2, 0.25) is 0 Å². The summed E-state index contributed by atoms with van der Waals surface area (Å²) in [6, 6.07) is 0.311. The SMILES string of the molecule is CCNC(=NCCCN(CC)CC)NC1CCN(C(=O)CC)C1.I. The van der Waals surface area contributed by atoms with Gasteiger partial charge in [0.25, 0.3) is 0 Å². The summed E-state index contributed by atoms with van der Waals surface area (Å²) >= 11 is 0. The lowest BCUT2D eigenvalue weighted by molar-refractivity contribution is -0.129. The van der Waals surface area contributed by atoms with Gasteiger partial charge in [0.1, 0.15) is 0 Å². The summed E-state index contributed by atoms with van der Waals surface area (Å²) in [4.78, 5) is 20.8. The van der Waals surface area contributed by atoms with Gasteiger partial charge in [0, 0.05) is 38.6 Å². The van der Waals surface area contributed by atoms with E-state index in [1.807, 2.05) is 11.8 Å². The predicted molar refractivity (Wildman–Crippen MR) is 112 cm³/mol. The number of hydrogen-bond donors (Lipinski definition) is 2. The highest BCUT2D eigenvalue weighted by molar-refractivity contribution is 14.0. The molecular weight excluding hydrogens is 417 g/mol. The van der Waals surface area contributed by atoms with E-state index < -0.39 is 0 Å². The molecule has 0 saturated carbocycles. The molecule has 142 valence electrons. The van der Waals surface area contributed by atoms with Crippen LogP contribution in [-0.4, -0.2) is 73.5 Å². The van der Waals surface area contributed by atoms with Gasteiger partial charge in [-0.1, -0.05) is 20.8 Å². The summed E-state index contributed by atoms with van der Waals surface area (Å²) in [5.41, 5.74) is 0. The van der Waals surface area contributed by atoms with E-state index in [4.69, 9.17) is 0 Å². The Kier molecular flexibility index (Phi) is 13.4. The van der Waals surface area contributed by atoms with Gasteiger partial charge in [0.15, 0.2) is 5.96 Å². The molecule has 1 amide bonds. The summed E-state index contributed by atoms with van der Waals surface area (Å²) in [5.74, 6) is 1.12. The zero-order valence-corrected chi connectivity index (χ0v) is 18.1. The van der Waals surface area contributed by atoms with Gasteiger partial charge < -0.3 is 20.4 Å². The fourth-order valence-electron chi connectivity index (χ4n) is 2.87. The smallest absolute Gasteiger partial charge is 0.222 e. The van der Waals surface area contributed by atoms with Gasteiger partial charge in [-0.2, -0.15) is 0 Å². The second-order valence-electron chi connectivity index (χ2n) is 5.96. The Morgan fingerprint density at radius 3 is 2.54 bits per heavy atom. The molecule has 1 rings (SSSR count). The molecule has 1 aliphatic rings. The van der Waals surface area contributed by atoms with Crippen molar-refractivity contribution in [1.29, 1.82) is 0 Å². The largest absolute Gasteiger partial charge is 0.357 e. The van der Waals surface area contributed by atoms with Crippen molar-refractivity contribution in [1.82, 2.24) is 20.4 Å². The molecule has 1 atom stereocenters. The first-order valence-corrected chi connectivity index (χ1v) is 9.19. The van der Waals surface area contributed by atoms with Crippen LogP contribution >= 0.6 is 24.0 Å². The third-order valence-electron chi connectivity index (χ3n) is 4.33. The molecule has 6 nitrogen and oxygen atoms in total. The Bertz CT molecular complexity index is 374. The first kappa shape index (κ1) is 23.4. The highest BCUT2D eigenvalue weighted by Crippen LogP contribution is 2.10. The quantitative estimate of drug-likeness (QED) is 0.242. The van der Waals surface area contributed by atoms with Gasteiger partial charge in [-0.25, -0.2) is 0 Å². The first-order valence-electron chi connectivity index (χ1n) is 9.19. The highest BCUT2D eigenvalue weighted by Gasteiger charge is 2.25. The van der Waals surface area contributed by atoms with Crippen LogP contribution < -0.4 is 10.6 Å². The average Bonchev–Trinajstić information content (AvgIpc) is 3.03. The van der Waals surface area contributed by atoms with E-state index in [9.17, 15) is 4.79 Å². The van der Waals surface area contributed by atoms with Crippen molar-refractivity contribution in [2.24, 2.45) is 4.99 Å². The van der Waals surface area contributed by atoms with Crippen LogP contribution in [-0.2, 0) is 4.79 Å². The number of likely N-dealkylation sites (tertiary alicyclic amines) is 1. The number of amides is 1. The van der Waals surface area contributed by atoms with Crippen LogP contribution in [0.15, 0.2) is 4.99 Å². The molecule has 0 aromatic carbocycles. The molecule has 0 bridgehead atoms. The molecule has 1 saturated heterocycles. The molecule has 1 unspecified atom stereocenters.